The monoisotopic (exact) mass is 409 g/mol. The van der Waals surface area contributed by atoms with Gasteiger partial charge in [0.15, 0.2) is 0 Å². The summed E-state index contributed by atoms with van der Waals surface area (Å²) in [5, 5.41) is 6.65. The number of hydrogen-bond acceptors (Lipinski definition) is 5. The van der Waals surface area contributed by atoms with Crippen LogP contribution in [-0.4, -0.2) is 27.5 Å². The van der Waals surface area contributed by atoms with Gasteiger partial charge in [-0.25, -0.2) is 0 Å². The lowest BCUT2D eigenvalue weighted by Crippen LogP contribution is -2.31. The van der Waals surface area contributed by atoms with Crippen LogP contribution in [0.5, 0.6) is 11.5 Å². The molecule has 0 spiro atoms. The molecule has 6 nitrogen and oxygen atoms in total. The van der Waals surface area contributed by atoms with Crippen LogP contribution in [0.15, 0.2) is 85.6 Å². The molecule has 0 fully saturated rings. The summed E-state index contributed by atoms with van der Waals surface area (Å²) in [4.78, 5) is 11.8. The summed E-state index contributed by atoms with van der Waals surface area (Å²) < 4.78 is 6.11. The number of nitrogens with two attached hydrogens (primary N) is 1. The molecular weight excluding hydrogens is 386 g/mol. The maximum Gasteiger partial charge on any atom is 0.147 e. The van der Waals surface area contributed by atoms with Crippen LogP contribution >= 0.6 is 0 Å². The molecule has 0 radical (unpaired) electrons. The van der Waals surface area contributed by atoms with Crippen LogP contribution < -0.4 is 15.8 Å². The summed E-state index contributed by atoms with van der Waals surface area (Å²) in [6, 6.07) is 18.0. The second-order valence-corrected chi connectivity index (χ2v) is 7.57. The first kappa shape index (κ1) is 19.1. The molecule has 0 saturated carbocycles. The van der Waals surface area contributed by atoms with Crippen molar-refractivity contribution in [1.29, 1.82) is 0 Å². The molecule has 31 heavy (non-hydrogen) atoms. The Morgan fingerprint density at radius 3 is 2.87 bits per heavy atom. The van der Waals surface area contributed by atoms with Crippen molar-refractivity contribution in [2.45, 2.75) is 12.5 Å². The molecule has 0 saturated heterocycles. The first-order chi connectivity index (χ1) is 15.3. The van der Waals surface area contributed by atoms with Gasteiger partial charge in [0.05, 0.1) is 18.1 Å². The van der Waals surface area contributed by atoms with Crippen LogP contribution in [0.3, 0.4) is 0 Å². The number of para-hydroxylation sites is 1. The van der Waals surface area contributed by atoms with Gasteiger partial charge in [0, 0.05) is 58.9 Å². The molecule has 6 heteroatoms. The molecule has 0 aliphatic heterocycles. The average molecular weight is 409 g/mol. The number of H-pyrrole nitrogens is 1. The minimum absolute atomic E-state index is 0.0330. The van der Waals surface area contributed by atoms with Gasteiger partial charge in [0.25, 0.3) is 0 Å². The van der Waals surface area contributed by atoms with Crippen LogP contribution in [-0.2, 0) is 6.42 Å². The zero-order valence-electron chi connectivity index (χ0n) is 17.0. The Hall–Kier alpha value is -3.90. The molecule has 154 valence electrons. The molecule has 1 atom stereocenters. The van der Waals surface area contributed by atoms with E-state index in [0.29, 0.717) is 12.3 Å². The Kier molecular flexibility index (Phi) is 5.21. The molecule has 0 aliphatic rings. The van der Waals surface area contributed by atoms with E-state index < -0.39 is 0 Å². The summed E-state index contributed by atoms with van der Waals surface area (Å²) in [5.74, 6) is 1.44. The number of rotatable bonds is 7. The highest BCUT2D eigenvalue weighted by Gasteiger charge is 2.10. The Morgan fingerprint density at radius 2 is 1.90 bits per heavy atom. The number of pyridine rings is 2. The predicted octanol–water partition coefficient (Wildman–Crippen LogP) is 4.89. The lowest BCUT2D eigenvalue weighted by Gasteiger charge is -2.14. The number of hydrogen-bond donors (Lipinski definition) is 3. The minimum Gasteiger partial charge on any atom is -0.455 e. The van der Waals surface area contributed by atoms with E-state index in [9.17, 15) is 0 Å². The van der Waals surface area contributed by atoms with E-state index in [4.69, 9.17) is 10.5 Å². The predicted molar refractivity (Wildman–Crippen MR) is 125 cm³/mol. The summed E-state index contributed by atoms with van der Waals surface area (Å²) in [5.41, 5.74) is 9.63. The van der Waals surface area contributed by atoms with Gasteiger partial charge in [-0.1, -0.05) is 30.3 Å². The van der Waals surface area contributed by atoms with Crippen LogP contribution in [0.25, 0.3) is 21.7 Å². The maximum absolute atomic E-state index is 6.39. The van der Waals surface area contributed by atoms with E-state index >= 15 is 0 Å². The van der Waals surface area contributed by atoms with Crippen molar-refractivity contribution in [3.63, 3.8) is 0 Å². The van der Waals surface area contributed by atoms with Crippen molar-refractivity contribution in [1.82, 2.24) is 15.0 Å². The summed E-state index contributed by atoms with van der Waals surface area (Å²) >= 11 is 0. The van der Waals surface area contributed by atoms with E-state index in [2.05, 4.69) is 32.4 Å². The number of fused-ring (bicyclic) bond motifs is 2. The Labute approximate surface area is 180 Å². The summed E-state index contributed by atoms with van der Waals surface area (Å²) in [6.45, 7) is 0.630. The zero-order chi connectivity index (χ0) is 21.0. The average Bonchev–Trinajstić information content (AvgIpc) is 3.21. The van der Waals surface area contributed by atoms with Crippen LogP contribution in [0.1, 0.15) is 5.56 Å². The van der Waals surface area contributed by atoms with Gasteiger partial charge >= 0.3 is 0 Å². The molecule has 5 aromatic rings. The molecule has 0 amide bonds. The van der Waals surface area contributed by atoms with Gasteiger partial charge in [-0.3, -0.25) is 9.97 Å². The Morgan fingerprint density at radius 1 is 0.968 bits per heavy atom. The number of ether oxygens (including phenoxy) is 1. The van der Waals surface area contributed by atoms with Crippen molar-refractivity contribution in [2.75, 3.05) is 11.9 Å². The van der Waals surface area contributed by atoms with Crippen LogP contribution in [0, 0.1) is 0 Å². The lowest BCUT2D eigenvalue weighted by molar-refractivity contribution is 0.486. The molecule has 2 aromatic carbocycles. The molecule has 5 rings (SSSR count). The van der Waals surface area contributed by atoms with Gasteiger partial charge in [0.1, 0.15) is 11.5 Å². The molecular formula is C25H23N5O. The molecule has 3 aromatic heterocycles. The van der Waals surface area contributed by atoms with Crippen molar-refractivity contribution in [3.05, 3.63) is 91.1 Å². The number of nitrogens with one attached hydrogen (secondary N) is 2. The standard InChI is InChI=1S/C25H23N5O/c26-19(10-18-13-30-24-6-2-1-5-22(18)24)14-29-20-11-21(16-28-15-20)31-25-7-3-4-17-12-27-9-8-23(17)25/h1-9,11-13,15-16,19,29-30H,10,14,26H2. The molecule has 1 unspecified atom stereocenters. The fourth-order valence-corrected chi connectivity index (χ4v) is 3.78. The summed E-state index contributed by atoms with van der Waals surface area (Å²) in [6.07, 6.45) is 9.90. The van der Waals surface area contributed by atoms with Crippen molar-refractivity contribution in [2.24, 2.45) is 5.73 Å². The second-order valence-electron chi connectivity index (χ2n) is 7.57. The van der Waals surface area contributed by atoms with Gasteiger partial charge in [-0.15, -0.1) is 0 Å². The highest BCUT2D eigenvalue weighted by atomic mass is 16.5. The molecule has 4 N–H and O–H groups in total. The largest absolute Gasteiger partial charge is 0.455 e. The van der Waals surface area contributed by atoms with E-state index in [0.717, 1.165) is 34.1 Å². The quantitative estimate of drug-likeness (QED) is 0.356. The molecule has 0 bridgehead atoms. The second kappa shape index (κ2) is 8.45. The Balaban J connectivity index is 1.25. The number of benzene rings is 2. The van der Waals surface area contributed by atoms with Gasteiger partial charge < -0.3 is 20.8 Å². The Bertz CT molecular complexity index is 1320. The zero-order valence-corrected chi connectivity index (χ0v) is 17.0. The minimum atomic E-state index is -0.0330. The maximum atomic E-state index is 6.39. The highest BCUT2D eigenvalue weighted by molar-refractivity contribution is 5.87. The van der Waals surface area contributed by atoms with Gasteiger partial charge in [-0.05, 0) is 30.2 Å². The first-order valence-electron chi connectivity index (χ1n) is 10.3. The third-order valence-corrected chi connectivity index (χ3v) is 5.31. The number of anilines is 1. The summed E-state index contributed by atoms with van der Waals surface area (Å²) in [7, 11) is 0. The number of aromatic amines is 1. The normalized spacial score (nSPS) is 12.2. The van der Waals surface area contributed by atoms with Gasteiger partial charge in [0.2, 0.25) is 0 Å². The SMILES string of the molecule is NC(CNc1cncc(Oc2cccc3cnccc23)c1)Cc1c[nH]c2ccccc12. The van der Waals surface area contributed by atoms with Crippen molar-refractivity contribution in [3.8, 4) is 11.5 Å². The van der Waals surface area contributed by atoms with E-state index in [-0.39, 0.29) is 6.04 Å². The van der Waals surface area contributed by atoms with Crippen LogP contribution in [0.4, 0.5) is 5.69 Å². The number of aromatic nitrogens is 3. The van der Waals surface area contributed by atoms with Crippen molar-refractivity contribution >= 4 is 27.4 Å². The molecule has 3 heterocycles. The van der Waals surface area contributed by atoms with E-state index in [1.165, 1.54) is 10.9 Å². The highest BCUT2D eigenvalue weighted by Crippen LogP contribution is 2.30. The van der Waals surface area contributed by atoms with E-state index in [1.807, 2.05) is 54.9 Å². The fourth-order valence-electron chi connectivity index (χ4n) is 3.78. The lowest BCUT2D eigenvalue weighted by atomic mass is 10.1. The third-order valence-electron chi connectivity index (χ3n) is 5.31. The van der Waals surface area contributed by atoms with E-state index in [1.54, 1.807) is 18.6 Å². The fraction of sp³-hybridized carbons (Fsp3) is 0.120. The number of nitrogens with zero attached hydrogens (tertiary/aromatic N) is 2. The smallest absolute Gasteiger partial charge is 0.147 e. The molecule has 0 aliphatic carbocycles. The van der Waals surface area contributed by atoms with Gasteiger partial charge in [-0.2, -0.15) is 0 Å². The third kappa shape index (κ3) is 4.20. The topological polar surface area (TPSA) is 88.8 Å². The first-order valence-corrected chi connectivity index (χ1v) is 10.3. The van der Waals surface area contributed by atoms with Crippen LogP contribution in [0.2, 0.25) is 0 Å². The van der Waals surface area contributed by atoms with Crippen molar-refractivity contribution < 1.29 is 4.74 Å².